The van der Waals surface area contributed by atoms with Crippen LogP contribution < -0.4 is 14.4 Å². The summed E-state index contributed by atoms with van der Waals surface area (Å²) in [4.78, 5) is 15.9. The normalized spacial score (nSPS) is 36.4. The molecule has 43 heavy (non-hydrogen) atoms. The molecule has 1 amide bonds. The Bertz CT molecular complexity index is 1500. The van der Waals surface area contributed by atoms with E-state index in [2.05, 4.69) is 27.6 Å². The van der Waals surface area contributed by atoms with Crippen LogP contribution >= 0.6 is 11.6 Å². The lowest BCUT2D eigenvalue weighted by Gasteiger charge is -2.49. The third-order valence-corrected chi connectivity index (χ3v) is 13.5. The molecule has 234 valence electrons. The number of amides is 1. The number of aliphatic hydroxyl groups excluding tert-OH is 1. The van der Waals surface area contributed by atoms with Crippen LogP contribution in [0.5, 0.6) is 5.75 Å². The molecule has 1 unspecified atom stereocenters. The van der Waals surface area contributed by atoms with Gasteiger partial charge in [-0.3, -0.25) is 9.52 Å². The number of hydrogen-bond acceptors (Lipinski definition) is 6. The van der Waals surface area contributed by atoms with Crippen LogP contribution in [-0.4, -0.2) is 63.4 Å². The van der Waals surface area contributed by atoms with E-state index in [-0.39, 0.29) is 35.0 Å². The van der Waals surface area contributed by atoms with Gasteiger partial charge in [-0.15, -0.1) is 0 Å². The van der Waals surface area contributed by atoms with Gasteiger partial charge in [0.25, 0.3) is 5.91 Å². The maximum absolute atomic E-state index is 13.7. The third-order valence-electron chi connectivity index (χ3n) is 11.1. The summed E-state index contributed by atoms with van der Waals surface area (Å²) in [5.41, 5.74) is 2.33. The Morgan fingerprint density at radius 2 is 1.95 bits per heavy atom. The van der Waals surface area contributed by atoms with E-state index in [4.69, 9.17) is 16.3 Å². The van der Waals surface area contributed by atoms with Gasteiger partial charge in [-0.1, -0.05) is 31.0 Å². The Morgan fingerprint density at radius 1 is 1.14 bits per heavy atom. The van der Waals surface area contributed by atoms with Crippen LogP contribution in [0.2, 0.25) is 5.02 Å². The number of halogens is 1. The molecule has 7 atom stereocenters. The van der Waals surface area contributed by atoms with Crippen molar-refractivity contribution in [2.24, 2.45) is 17.8 Å². The maximum Gasteiger partial charge on any atom is 0.262 e. The molecule has 3 N–H and O–H groups in total. The van der Waals surface area contributed by atoms with E-state index in [9.17, 15) is 19.2 Å². The summed E-state index contributed by atoms with van der Waals surface area (Å²) in [6.07, 6.45) is 6.70. The van der Waals surface area contributed by atoms with Crippen molar-refractivity contribution in [1.82, 2.24) is 4.72 Å². The number of carbonyl (C=O) groups is 1. The molecule has 2 aromatic rings. The lowest BCUT2D eigenvalue weighted by molar-refractivity contribution is -0.117. The van der Waals surface area contributed by atoms with Crippen molar-refractivity contribution in [3.05, 3.63) is 58.1 Å². The predicted molar refractivity (Wildman–Crippen MR) is 174 cm³/mol. The molecular formula is C34H45ClN2O5S. The highest BCUT2D eigenvalue weighted by molar-refractivity contribution is 7.99. The molecule has 1 saturated carbocycles. The van der Waals surface area contributed by atoms with E-state index in [1.807, 2.05) is 32.0 Å². The van der Waals surface area contributed by atoms with E-state index in [1.54, 1.807) is 6.07 Å². The van der Waals surface area contributed by atoms with Gasteiger partial charge in [0.05, 0.1) is 34.2 Å². The SMILES string of the molecule is C=S1(=O)NC(=O)c2ccc3c(c2)N(C[C@@H]2CC[C@H]2[C@@](O)(CO)CCC[C@H](C)[C@H]1C)C[C@@]1(CCCc2cc(Cl)ccc21)CO3. The molecular weight excluding hydrogens is 584 g/mol. The minimum atomic E-state index is -2.95. The first-order chi connectivity index (χ1) is 20.4. The fraction of sp³-hybridized carbons (Fsp3) is 0.588. The summed E-state index contributed by atoms with van der Waals surface area (Å²) in [6.45, 7) is 5.49. The molecule has 4 aliphatic rings. The van der Waals surface area contributed by atoms with Crippen molar-refractivity contribution in [3.63, 3.8) is 0 Å². The van der Waals surface area contributed by atoms with E-state index in [0.29, 0.717) is 43.9 Å². The van der Waals surface area contributed by atoms with Crippen LogP contribution in [0.15, 0.2) is 36.4 Å². The second-order valence-corrected chi connectivity index (χ2v) is 16.6. The maximum atomic E-state index is 13.7. The number of rotatable bonds is 1. The molecule has 0 radical (unpaired) electrons. The van der Waals surface area contributed by atoms with Crippen LogP contribution in [0.3, 0.4) is 0 Å². The molecule has 1 fully saturated rings. The van der Waals surface area contributed by atoms with Crippen LogP contribution in [0.4, 0.5) is 5.69 Å². The number of hydrogen-bond donors (Lipinski definition) is 3. The van der Waals surface area contributed by atoms with Gasteiger partial charge in [-0.25, -0.2) is 4.21 Å². The lowest BCUT2D eigenvalue weighted by atomic mass is 9.63. The van der Waals surface area contributed by atoms with E-state index in [0.717, 1.165) is 49.2 Å². The first kappa shape index (κ1) is 30.8. The van der Waals surface area contributed by atoms with Gasteiger partial charge in [-0.2, -0.15) is 0 Å². The van der Waals surface area contributed by atoms with Crippen molar-refractivity contribution < 1.29 is 24.0 Å². The summed E-state index contributed by atoms with van der Waals surface area (Å²) in [5.74, 6) is 4.44. The van der Waals surface area contributed by atoms with Gasteiger partial charge in [0.15, 0.2) is 0 Å². The zero-order chi connectivity index (χ0) is 30.6. The molecule has 7 nitrogen and oxygen atoms in total. The Kier molecular flexibility index (Phi) is 8.29. The first-order valence-corrected chi connectivity index (χ1v) is 17.9. The number of benzene rings is 2. The van der Waals surface area contributed by atoms with Gasteiger partial charge in [0.2, 0.25) is 0 Å². The van der Waals surface area contributed by atoms with Crippen molar-refractivity contribution >= 4 is 38.8 Å². The van der Waals surface area contributed by atoms with E-state index >= 15 is 0 Å². The van der Waals surface area contributed by atoms with Crippen LogP contribution in [0, 0.1) is 17.8 Å². The average Bonchev–Trinajstić information content (AvgIpc) is 3.11. The molecule has 2 aliphatic heterocycles. The second kappa shape index (κ2) is 11.6. The van der Waals surface area contributed by atoms with Gasteiger partial charge in [0.1, 0.15) is 5.75 Å². The summed E-state index contributed by atoms with van der Waals surface area (Å²) in [6, 6.07) is 11.6. The van der Waals surface area contributed by atoms with Crippen molar-refractivity contribution in [3.8, 4) is 5.75 Å². The first-order valence-electron chi connectivity index (χ1n) is 15.8. The monoisotopic (exact) mass is 628 g/mol. The number of fused-ring (bicyclic) bond motifs is 4. The van der Waals surface area contributed by atoms with Gasteiger partial charge in [0, 0.05) is 34.3 Å². The molecule has 6 rings (SSSR count). The van der Waals surface area contributed by atoms with Crippen LogP contribution in [-0.2, 0) is 21.5 Å². The third kappa shape index (κ3) is 5.69. The topological polar surface area (TPSA) is 99.1 Å². The molecule has 2 aliphatic carbocycles. The molecule has 1 spiro atoms. The Labute approximate surface area is 261 Å². The fourth-order valence-electron chi connectivity index (χ4n) is 8.06. The highest BCUT2D eigenvalue weighted by Crippen LogP contribution is 2.48. The number of anilines is 1. The van der Waals surface area contributed by atoms with Crippen molar-refractivity contribution in [2.75, 3.05) is 31.2 Å². The van der Waals surface area contributed by atoms with Crippen molar-refractivity contribution in [2.45, 2.75) is 81.5 Å². The number of aliphatic hydroxyl groups is 2. The minimum Gasteiger partial charge on any atom is -0.490 e. The van der Waals surface area contributed by atoms with Crippen LogP contribution in [0.1, 0.15) is 80.3 Å². The minimum absolute atomic E-state index is 0.0127. The summed E-state index contributed by atoms with van der Waals surface area (Å²) >= 11 is 6.41. The predicted octanol–water partition coefficient (Wildman–Crippen LogP) is 5.13. The standard InChI is InChI=1S/C34H45ClN2O5S/c1-22-6-4-15-34(40,20-38)29-11-8-26(29)18-37-19-33(14-5-7-24-16-27(35)10-12-28(24)33)21-42-31-13-9-25(17-30(31)37)32(39)36-43(3,41)23(22)2/h9-10,12-13,16-17,22-23,26,29,38,40H,3-8,11,14-15,18-21H2,1-2H3,(H,36,39,41)/t22-,23+,26-,29+,33-,34-,43?/m0/s1. The fourth-order valence-corrected chi connectivity index (χ4v) is 9.76. The smallest absolute Gasteiger partial charge is 0.262 e. The summed E-state index contributed by atoms with van der Waals surface area (Å²) in [7, 11) is -2.95. The highest BCUT2D eigenvalue weighted by Gasteiger charge is 2.48. The second-order valence-electron chi connectivity index (χ2n) is 13.7. The zero-order valence-corrected chi connectivity index (χ0v) is 26.9. The number of ether oxygens (including phenoxy) is 1. The lowest BCUT2D eigenvalue weighted by Crippen LogP contribution is -2.54. The highest BCUT2D eigenvalue weighted by atomic mass is 35.5. The van der Waals surface area contributed by atoms with E-state index < -0.39 is 21.2 Å². The summed E-state index contributed by atoms with van der Waals surface area (Å²) in [5, 5.41) is 22.6. The molecule has 2 heterocycles. The number of carbonyl (C=O) groups excluding carboxylic acids is 1. The molecule has 2 aromatic carbocycles. The Balaban J connectivity index is 1.43. The number of nitrogens with zero attached hydrogens (tertiary/aromatic N) is 1. The average molecular weight is 629 g/mol. The molecule has 2 bridgehead atoms. The Morgan fingerprint density at radius 3 is 2.70 bits per heavy atom. The van der Waals surface area contributed by atoms with Crippen LogP contribution in [0.25, 0.3) is 0 Å². The Hall–Kier alpha value is -2.26. The zero-order valence-electron chi connectivity index (χ0n) is 25.3. The van der Waals surface area contributed by atoms with E-state index in [1.165, 1.54) is 11.1 Å². The van der Waals surface area contributed by atoms with Gasteiger partial charge < -0.3 is 19.8 Å². The molecule has 9 heteroatoms. The quantitative estimate of drug-likeness (QED) is 0.379. The van der Waals surface area contributed by atoms with Gasteiger partial charge in [-0.05, 0) is 117 Å². The summed E-state index contributed by atoms with van der Waals surface area (Å²) < 4.78 is 23.0. The number of nitrogens with one attached hydrogen (secondary N) is 1. The molecule has 0 aromatic heterocycles. The largest absolute Gasteiger partial charge is 0.490 e. The number of aryl methyl sites for hydroxylation is 1. The van der Waals surface area contributed by atoms with Crippen molar-refractivity contribution in [1.29, 1.82) is 0 Å². The molecule has 0 saturated heterocycles. The van der Waals surface area contributed by atoms with Gasteiger partial charge >= 0.3 is 0 Å².